The summed E-state index contributed by atoms with van der Waals surface area (Å²) in [5, 5.41) is 4.31. The largest absolute Gasteiger partial charge is 0.490 e. The van der Waals surface area contributed by atoms with E-state index in [2.05, 4.69) is 11.7 Å². The second-order valence-electron chi connectivity index (χ2n) is 9.37. The van der Waals surface area contributed by atoms with Gasteiger partial charge in [0, 0.05) is 17.4 Å². The zero-order valence-corrected chi connectivity index (χ0v) is 18.4. The molecule has 2 heterocycles. The second-order valence-corrected chi connectivity index (χ2v) is 9.37. The molecule has 3 fully saturated rings. The maximum atomic E-state index is 13.4. The Morgan fingerprint density at radius 2 is 1.77 bits per heavy atom. The summed E-state index contributed by atoms with van der Waals surface area (Å²) in [5.41, 5.74) is 0.637. The van der Waals surface area contributed by atoms with Gasteiger partial charge in [0.05, 0.1) is 28.8 Å². The van der Waals surface area contributed by atoms with Gasteiger partial charge in [-0.3, -0.25) is 14.5 Å². The molecule has 2 saturated carbocycles. The van der Waals surface area contributed by atoms with Crippen LogP contribution in [0.4, 0.5) is 18.9 Å². The molecule has 6 rings (SSSR count). The topological polar surface area (TPSA) is 68.2 Å². The normalized spacial score (nSPS) is 30.7. The van der Waals surface area contributed by atoms with Gasteiger partial charge in [-0.2, -0.15) is 13.2 Å². The lowest BCUT2D eigenvalue weighted by atomic mass is 9.71. The number of carbonyl (C=O) groups is 2. The van der Waals surface area contributed by atoms with Crippen molar-refractivity contribution in [3.8, 4) is 5.75 Å². The van der Waals surface area contributed by atoms with E-state index in [1.54, 1.807) is 6.08 Å². The van der Waals surface area contributed by atoms with Crippen molar-refractivity contribution in [1.82, 2.24) is 0 Å². The zero-order chi connectivity index (χ0) is 24.5. The minimum absolute atomic E-state index is 0.0429. The maximum absolute atomic E-state index is 13.4. The van der Waals surface area contributed by atoms with Crippen LogP contribution in [0.5, 0.6) is 5.75 Å². The molecular weight excluding hydrogens is 461 g/mol. The van der Waals surface area contributed by atoms with Gasteiger partial charge in [0.1, 0.15) is 18.5 Å². The molecule has 6 nitrogen and oxygen atoms in total. The Bertz CT molecular complexity index is 1260. The van der Waals surface area contributed by atoms with Crippen molar-refractivity contribution in [2.75, 3.05) is 11.5 Å². The van der Waals surface area contributed by atoms with Gasteiger partial charge in [0.2, 0.25) is 11.8 Å². The van der Waals surface area contributed by atoms with Crippen molar-refractivity contribution < 1.29 is 32.3 Å². The Kier molecular flexibility index (Phi) is 4.81. The zero-order valence-electron chi connectivity index (χ0n) is 18.4. The minimum Gasteiger partial charge on any atom is -0.490 e. The first-order valence-corrected chi connectivity index (χ1v) is 11.4. The van der Waals surface area contributed by atoms with Crippen LogP contribution in [0.2, 0.25) is 0 Å². The third kappa shape index (κ3) is 3.20. The van der Waals surface area contributed by atoms with Crippen molar-refractivity contribution in [2.45, 2.75) is 18.7 Å². The molecule has 6 unspecified atom stereocenters. The number of hydrogen-bond donors (Lipinski definition) is 0. The fourth-order valence-electron chi connectivity index (χ4n) is 6.32. The predicted octanol–water partition coefficient (Wildman–Crippen LogP) is 4.44. The first kappa shape index (κ1) is 21.9. The number of fused-ring (bicyclic) bond motifs is 8. The molecule has 0 aromatic heterocycles. The number of hydrogen-bond acceptors (Lipinski definition) is 5. The van der Waals surface area contributed by atoms with Gasteiger partial charge in [-0.05, 0) is 54.8 Å². The molecule has 2 aromatic carbocycles. The van der Waals surface area contributed by atoms with Gasteiger partial charge in [-0.15, -0.1) is 0 Å². The Balaban J connectivity index is 1.28. The Hall–Kier alpha value is -3.62. The summed E-state index contributed by atoms with van der Waals surface area (Å²) in [7, 11) is 0. The molecule has 1 saturated heterocycles. The molecule has 2 bridgehead atoms. The van der Waals surface area contributed by atoms with Gasteiger partial charge in [0.25, 0.3) is 0 Å². The van der Waals surface area contributed by atoms with Crippen LogP contribution in [0.1, 0.15) is 17.5 Å². The molecule has 0 N–H and O–H groups in total. The molecule has 9 heteroatoms. The Morgan fingerprint density at radius 3 is 2.46 bits per heavy atom. The SMILES string of the molecule is C=CCOc1ccc(C2=NOC3C4CC(C23)C2C(=O)N(c3cccc(C(F)(F)F)c3)C(=O)C42)cc1. The molecule has 2 aliphatic carbocycles. The fraction of sp³-hybridized carbons (Fsp3) is 0.346. The summed E-state index contributed by atoms with van der Waals surface area (Å²) in [4.78, 5) is 33.5. The number of ether oxygens (including phenoxy) is 1. The number of anilines is 1. The van der Waals surface area contributed by atoms with Gasteiger partial charge in [0.15, 0.2) is 0 Å². The molecule has 35 heavy (non-hydrogen) atoms. The highest BCUT2D eigenvalue weighted by atomic mass is 19.4. The van der Waals surface area contributed by atoms with Gasteiger partial charge >= 0.3 is 6.18 Å². The molecule has 2 aromatic rings. The third-order valence-corrected chi connectivity index (χ3v) is 7.64. The highest BCUT2D eigenvalue weighted by molar-refractivity contribution is 6.23. The first-order valence-electron chi connectivity index (χ1n) is 11.4. The number of halogens is 3. The highest BCUT2D eigenvalue weighted by Gasteiger charge is 2.70. The van der Waals surface area contributed by atoms with E-state index in [-0.39, 0.29) is 29.5 Å². The number of oxime groups is 1. The molecule has 2 amide bonds. The number of alkyl halides is 3. The Labute approximate surface area is 199 Å². The first-order chi connectivity index (χ1) is 16.8. The van der Waals surface area contributed by atoms with Gasteiger partial charge in [-0.1, -0.05) is 23.9 Å². The molecule has 0 radical (unpaired) electrons. The van der Waals surface area contributed by atoms with E-state index >= 15 is 0 Å². The minimum atomic E-state index is -4.57. The lowest BCUT2D eigenvalue weighted by Gasteiger charge is -2.29. The summed E-state index contributed by atoms with van der Waals surface area (Å²) in [6.45, 7) is 4.01. The van der Waals surface area contributed by atoms with E-state index in [1.807, 2.05) is 24.3 Å². The third-order valence-electron chi connectivity index (χ3n) is 7.64. The summed E-state index contributed by atoms with van der Waals surface area (Å²) in [6.07, 6.45) is -2.59. The number of rotatable bonds is 5. The van der Waals surface area contributed by atoms with Crippen LogP contribution in [0.3, 0.4) is 0 Å². The summed E-state index contributed by atoms with van der Waals surface area (Å²) >= 11 is 0. The van der Waals surface area contributed by atoms with E-state index in [4.69, 9.17) is 9.57 Å². The van der Waals surface area contributed by atoms with Crippen LogP contribution in [-0.2, 0) is 20.6 Å². The van der Waals surface area contributed by atoms with Crippen molar-refractivity contribution in [2.24, 2.45) is 34.7 Å². The van der Waals surface area contributed by atoms with E-state index in [0.717, 1.165) is 28.3 Å². The smallest absolute Gasteiger partial charge is 0.416 e. The average molecular weight is 482 g/mol. The Morgan fingerprint density at radius 1 is 1.06 bits per heavy atom. The van der Waals surface area contributed by atoms with E-state index < -0.39 is 35.4 Å². The maximum Gasteiger partial charge on any atom is 0.416 e. The van der Waals surface area contributed by atoms with Gasteiger partial charge < -0.3 is 9.57 Å². The van der Waals surface area contributed by atoms with Crippen LogP contribution < -0.4 is 9.64 Å². The van der Waals surface area contributed by atoms with Crippen LogP contribution in [0.15, 0.2) is 66.3 Å². The standard InChI is InChI=1S/C26H21F3N2O4/c1-2-10-34-16-8-6-13(7-9-16)22-21-17-12-18(23(21)35-30-22)20-19(17)24(32)31(25(20)33)15-5-3-4-14(11-15)26(27,28)29/h2-9,11,17-21,23H,1,10,12H2. The fourth-order valence-corrected chi connectivity index (χ4v) is 6.32. The van der Waals surface area contributed by atoms with Crippen LogP contribution >= 0.6 is 0 Å². The molecular formula is C26H21F3N2O4. The molecule has 6 atom stereocenters. The summed E-state index contributed by atoms with van der Waals surface area (Å²) < 4.78 is 45.2. The number of imide groups is 1. The number of nitrogens with zero attached hydrogens (tertiary/aromatic N) is 2. The number of carbonyl (C=O) groups excluding carboxylic acids is 2. The predicted molar refractivity (Wildman–Crippen MR) is 120 cm³/mol. The van der Waals surface area contributed by atoms with E-state index in [9.17, 15) is 22.8 Å². The van der Waals surface area contributed by atoms with Crippen molar-refractivity contribution in [1.29, 1.82) is 0 Å². The molecule has 2 aliphatic heterocycles. The summed E-state index contributed by atoms with van der Waals surface area (Å²) in [6, 6.07) is 11.8. The van der Waals surface area contributed by atoms with Crippen molar-refractivity contribution >= 4 is 23.2 Å². The monoisotopic (exact) mass is 482 g/mol. The lowest BCUT2D eigenvalue weighted by Crippen LogP contribution is -2.41. The van der Waals surface area contributed by atoms with Crippen LogP contribution in [-0.4, -0.2) is 30.2 Å². The van der Waals surface area contributed by atoms with E-state index in [1.165, 1.54) is 12.1 Å². The second kappa shape index (κ2) is 7.69. The van der Waals surface area contributed by atoms with E-state index in [0.29, 0.717) is 18.8 Å². The van der Waals surface area contributed by atoms with Gasteiger partial charge in [-0.25, -0.2) is 0 Å². The number of benzene rings is 2. The molecule has 4 aliphatic rings. The molecule has 0 spiro atoms. The average Bonchev–Trinajstić information content (AvgIpc) is 3.58. The molecule has 180 valence electrons. The van der Waals surface area contributed by atoms with Crippen LogP contribution in [0, 0.1) is 29.6 Å². The van der Waals surface area contributed by atoms with Crippen molar-refractivity contribution in [3.05, 3.63) is 72.3 Å². The highest BCUT2D eigenvalue weighted by Crippen LogP contribution is 2.62. The summed E-state index contributed by atoms with van der Waals surface area (Å²) in [5.74, 6) is -1.93. The van der Waals surface area contributed by atoms with Crippen LogP contribution in [0.25, 0.3) is 0 Å². The quantitative estimate of drug-likeness (QED) is 0.467. The lowest BCUT2D eigenvalue weighted by molar-refractivity contribution is -0.137. The number of amides is 2. The van der Waals surface area contributed by atoms with Crippen molar-refractivity contribution in [3.63, 3.8) is 0 Å².